The minimum atomic E-state index is -4.55. The van der Waals surface area contributed by atoms with E-state index >= 15 is 0 Å². The summed E-state index contributed by atoms with van der Waals surface area (Å²) in [5, 5.41) is 0. The standard InChI is InChI=1S/C12H15F3O3/c1-11(2)6-8(17-3)4-5-9(11)18-10(16)7-12(13,14)15/h4-6,9H,7H2,1-3H3. The number of methoxy groups -OCH3 is 1. The van der Waals surface area contributed by atoms with Crippen molar-refractivity contribution in [2.45, 2.75) is 32.5 Å². The molecule has 1 unspecified atom stereocenters. The Labute approximate surface area is 103 Å². The number of hydrogen-bond donors (Lipinski definition) is 0. The summed E-state index contributed by atoms with van der Waals surface area (Å²) in [7, 11) is 1.49. The van der Waals surface area contributed by atoms with Gasteiger partial charge in [0, 0.05) is 5.41 Å². The smallest absolute Gasteiger partial charge is 0.399 e. The van der Waals surface area contributed by atoms with Crippen molar-refractivity contribution < 1.29 is 27.4 Å². The molecule has 18 heavy (non-hydrogen) atoms. The van der Waals surface area contributed by atoms with Crippen molar-refractivity contribution in [1.82, 2.24) is 0 Å². The van der Waals surface area contributed by atoms with Gasteiger partial charge < -0.3 is 9.47 Å². The molecule has 6 heteroatoms. The van der Waals surface area contributed by atoms with Crippen LogP contribution in [0.3, 0.4) is 0 Å². The van der Waals surface area contributed by atoms with Crippen molar-refractivity contribution in [3.05, 3.63) is 24.0 Å². The van der Waals surface area contributed by atoms with Crippen molar-refractivity contribution >= 4 is 5.97 Å². The minimum Gasteiger partial charge on any atom is -0.497 e. The van der Waals surface area contributed by atoms with E-state index in [1.807, 2.05) is 0 Å². The molecule has 0 aliphatic heterocycles. The summed E-state index contributed by atoms with van der Waals surface area (Å²) in [5.41, 5.74) is -0.610. The molecule has 102 valence electrons. The van der Waals surface area contributed by atoms with Crippen LogP contribution in [0, 0.1) is 5.41 Å². The third-order valence-corrected chi connectivity index (χ3v) is 2.52. The number of esters is 1. The topological polar surface area (TPSA) is 35.5 Å². The highest BCUT2D eigenvalue weighted by atomic mass is 19.4. The second kappa shape index (κ2) is 5.04. The Morgan fingerprint density at radius 2 is 2.06 bits per heavy atom. The van der Waals surface area contributed by atoms with E-state index in [1.165, 1.54) is 13.2 Å². The monoisotopic (exact) mass is 264 g/mol. The normalized spacial score (nSPS) is 22.3. The van der Waals surface area contributed by atoms with Crippen LogP contribution >= 0.6 is 0 Å². The average molecular weight is 264 g/mol. The number of carbonyl (C=O) groups excluding carboxylic acids is 1. The van der Waals surface area contributed by atoms with Gasteiger partial charge in [0.2, 0.25) is 0 Å². The van der Waals surface area contributed by atoms with Crippen LogP contribution in [0.1, 0.15) is 20.3 Å². The van der Waals surface area contributed by atoms with E-state index in [2.05, 4.69) is 0 Å². The maximum absolute atomic E-state index is 12.0. The van der Waals surface area contributed by atoms with Gasteiger partial charge in [-0.1, -0.05) is 13.8 Å². The molecule has 0 aromatic rings. The summed E-state index contributed by atoms with van der Waals surface area (Å²) in [5.74, 6) is -0.692. The van der Waals surface area contributed by atoms with E-state index in [9.17, 15) is 18.0 Å². The fourth-order valence-corrected chi connectivity index (χ4v) is 1.59. The van der Waals surface area contributed by atoms with Crippen LogP contribution < -0.4 is 0 Å². The lowest BCUT2D eigenvalue weighted by molar-refractivity contribution is -0.176. The van der Waals surface area contributed by atoms with Gasteiger partial charge in [-0.3, -0.25) is 4.79 Å². The van der Waals surface area contributed by atoms with Crippen LogP contribution in [0.15, 0.2) is 24.0 Å². The summed E-state index contributed by atoms with van der Waals surface area (Å²) in [6.07, 6.45) is -2.06. The number of rotatable bonds is 3. The van der Waals surface area contributed by atoms with E-state index in [0.717, 1.165) is 0 Å². The lowest BCUT2D eigenvalue weighted by Gasteiger charge is -2.32. The number of carbonyl (C=O) groups is 1. The molecular formula is C12H15F3O3. The minimum absolute atomic E-state index is 0.586. The Hall–Kier alpha value is -1.46. The fourth-order valence-electron chi connectivity index (χ4n) is 1.59. The molecule has 1 atom stereocenters. The molecule has 0 radical (unpaired) electrons. The first-order valence-corrected chi connectivity index (χ1v) is 5.35. The zero-order valence-corrected chi connectivity index (χ0v) is 10.4. The summed E-state index contributed by atoms with van der Waals surface area (Å²) >= 11 is 0. The number of halogens is 3. The maximum Gasteiger partial charge on any atom is 0.399 e. The highest BCUT2D eigenvalue weighted by Crippen LogP contribution is 2.33. The molecule has 0 N–H and O–H groups in total. The maximum atomic E-state index is 12.0. The van der Waals surface area contributed by atoms with E-state index in [0.29, 0.717) is 5.76 Å². The Kier molecular flexibility index (Phi) is 4.09. The van der Waals surface area contributed by atoms with E-state index in [4.69, 9.17) is 9.47 Å². The summed E-state index contributed by atoms with van der Waals surface area (Å²) in [6.45, 7) is 3.50. The van der Waals surface area contributed by atoms with E-state index in [-0.39, 0.29) is 0 Å². The van der Waals surface area contributed by atoms with Gasteiger partial charge in [-0.15, -0.1) is 0 Å². The second-order valence-corrected chi connectivity index (χ2v) is 4.63. The van der Waals surface area contributed by atoms with Crippen LogP contribution in [0.25, 0.3) is 0 Å². The molecule has 3 nitrogen and oxygen atoms in total. The Bertz CT molecular complexity index is 381. The SMILES string of the molecule is COC1=CC(C)(C)C(OC(=O)CC(F)(F)F)C=C1. The lowest BCUT2D eigenvalue weighted by Crippen LogP contribution is -2.34. The predicted octanol–water partition coefficient (Wildman–Crippen LogP) is 2.98. The number of allylic oxidation sites excluding steroid dienone is 1. The molecule has 0 saturated carbocycles. The van der Waals surface area contributed by atoms with Crippen molar-refractivity contribution in [2.24, 2.45) is 5.41 Å². The van der Waals surface area contributed by atoms with Crippen molar-refractivity contribution in [1.29, 1.82) is 0 Å². The van der Waals surface area contributed by atoms with Gasteiger partial charge in [0.1, 0.15) is 18.3 Å². The highest BCUT2D eigenvalue weighted by Gasteiger charge is 2.36. The predicted molar refractivity (Wildman–Crippen MR) is 58.6 cm³/mol. The van der Waals surface area contributed by atoms with Crippen LogP contribution in [0.4, 0.5) is 13.2 Å². The lowest BCUT2D eigenvalue weighted by atomic mass is 9.82. The van der Waals surface area contributed by atoms with E-state index < -0.39 is 30.1 Å². The van der Waals surface area contributed by atoms with Crippen LogP contribution in [-0.4, -0.2) is 25.4 Å². The molecule has 1 aliphatic rings. The van der Waals surface area contributed by atoms with Gasteiger partial charge in [0.05, 0.1) is 7.11 Å². The summed E-state index contributed by atoms with van der Waals surface area (Å²) < 4.78 is 45.9. The molecule has 0 bridgehead atoms. The second-order valence-electron chi connectivity index (χ2n) is 4.63. The van der Waals surface area contributed by atoms with Gasteiger partial charge >= 0.3 is 12.1 Å². The molecule has 0 spiro atoms. The molecule has 1 rings (SSSR count). The molecule has 0 aromatic heterocycles. The molecule has 0 saturated heterocycles. The zero-order chi connectivity index (χ0) is 14.0. The number of ether oxygens (including phenoxy) is 2. The first kappa shape index (κ1) is 14.6. The molecule has 0 fully saturated rings. The molecule has 0 amide bonds. The zero-order valence-electron chi connectivity index (χ0n) is 10.4. The Balaban J connectivity index is 2.67. The third kappa shape index (κ3) is 4.09. The molecule has 1 aliphatic carbocycles. The molecular weight excluding hydrogens is 249 g/mol. The van der Waals surface area contributed by atoms with Gasteiger partial charge in [0.15, 0.2) is 0 Å². The number of alkyl halides is 3. The largest absolute Gasteiger partial charge is 0.497 e. The van der Waals surface area contributed by atoms with Crippen LogP contribution in [-0.2, 0) is 14.3 Å². The van der Waals surface area contributed by atoms with Gasteiger partial charge in [-0.25, -0.2) is 0 Å². The fraction of sp³-hybridized carbons (Fsp3) is 0.583. The highest BCUT2D eigenvalue weighted by molar-refractivity contribution is 5.70. The third-order valence-electron chi connectivity index (χ3n) is 2.52. The molecule has 0 aromatic carbocycles. The van der Waals surface area contributed by atoms with Crippen LogP contribution in [0.2, 0.25) is 0 Å². The van der Waals surface area contributed by atoms with Gasteiger partial charge in [0.25, 0.3) is 0 Å². The quantitative estimate of drug-likeness (QED) is 0.735. The number of hydrogen-bond acceptors (Lipinski definition) is 3. The molecule has 0 heterocycles. The van der Waals surface area contributed by atoms with Crippen LogP contribution in [0.5, 0.6) is 0 Å². The first-order chi connectivity index (χ1) is 8.14. The summed E-state index contributed by atoms with van der Waals surface area (Å²) in [6, 6.07) is 0. The Morgan fingerprint density at radius 1 is 1.44 bits per heavy atom. The average Bonchev–Trinajstić information content (AvgIpc) is 2.17. The van der Waals surface area contributed by atoms with Gasteiger partial charge in [-0.05, 0) is 18.2 Å². The van der Waals surface area contributed by atoms with Crippen molar-refractivity contribution in [3.63, 3.8) is 0 Å². The van der Waals surface area contributed by atoms with E-state index in [1.54, 1.807) is 26.0 Å². The Morgan fingerprint density at radius 3 is 2.50 bits per heavy atom. The summed E-state index contributed by atoms with van der Waals surface area (Å²) in [4.78, 5) is 11.1. The van der Waals surface area contributed by atoms with Crippen molar-refractivity contribution in [3.8, 4) is 0 Å². The van der Waals surface area contributed by atoms with Crippen molar-refractivity contribution in [2.75, 3.05) is 7.11 Å². The van der Waals surface area contributed by atoms with Gasteiger partial charge in [-0.2, -0.15) is 13.2 Å². The first-order valence-electron chi connectivity index (χ1n) is 5.35.